The van der Waals surface area contributed by atoms with Crippen LogP contribution in [0.2, 0.25) is 0 Å². The SMILES string of the molecule is Fc1cccc(F)c1.O=C(N[C@@H]1CN2CCC1CC2)N1CCc2ccccc2C1.[HH]. The van der Waals surface area contributed by atoms with Gasteiger partial charge in [0, 0.05) is 33.2 Å². The molecule has 4 heterocycles. The van der Waals surface area contributed by atoms with Crippen LogP contribution in [0.4, 0.5) is 13.6 Å². The number of carbonyl (C=O) groups excluding carboxylic acids is 1. The van der Waals surface area contributed by atoms with Crippen LogP contribution >= 0.6 is 0 Å². The largest absolute Gasteiger partial charge is 0.334 e. The zero-order valence-corrected chi connectivity index (χ0v) is 16.5. The maximum absolute atomic E-state index is 12.5. The smallest absolute Gasteiger partial charge is 0.317 e. The van der Waals surface area contributed by atoms with Gasteiger partial charge in [-0.1, -0.05) is 30.3 Å². The van der Waals surface area contributed by atoms with Crippen molar-refractivity contribution in [3.05, 3.63) is 71.3 Å². The maximum Gasteiger partial charge on any atom is 0.317 e. The Morgan fingerprint density at radius 3 is 2.24 bits per heavy atom. The van der Waals surface area contributed by atoms with Gasteiger partial charge in [0.05, 0.1) is 0 Å². The number of fused-ring (bicyclic) bond motifs is 4. The highest BCUT2D eigenvalue weighted by Gasteiger charge is 2.35. The number of halogens is 2. The Morgan fingerprint density at radius 1 is 0.966 bits per heavy atom. The number of urea groups is 1. The minimum absolute atomic E-state index is 0. The van der Waals surface area contributed by atoms with Crippen molar-refractivity contribution in [2.75, 3.05) is 26.2 Å². The van der Waals surface area contributed by atoms with Crippen molar-refractivity contribution in [3.8, 4) is 0 Å². The highest BCUT2D eigenvalue weighted by molar-refractivity contribution is 5.75. The third kappa shape index (κ3) is 4.93. The van der Waals surface area contributed by atoms with Gasteiger partial charge in [-0.2, -0.15) is 0 Å². The molecule has 3 saturated heterocycles. The molecular weight excluding hydrogens is 372 g/mol. The number of piperidine rings is 3. The van der Waals surface area contributed by atoms with E-state index in [1.165, 1.54) is 55.3 Å². The summed E-state index contributed by atoms with van der Waals surface area (Å²) in [5.41, 5.74) is 2.69. The Balaban J connectivity index is 0.000000242. The average molecular weight is 402 g/mol. The number of nitrogens with one attached hydrogen (secondary N) is 1. The summed E-state index contributed by atoms with van der Waals surface area (Å²) in [4.78, 5) is 17.0. The molecule has 2 bridgehead atoms. The summed E-state index contributed by atoms with van der Waals surface area (Å²) in [6.07, 6.45) is 3.46. The van der Waals surface area contributed by atoms with Gasteiger partial charge >= 0.3 is 6.03 Å². The molecule has 0 unspecified atom stereocenters. The van der Waals surface area contributed by atoms with Crippen LogP contribution in [0.5, 0.6) is 0 Å². The van der Waals surface area contributed by atoms with E-state index in [9.17, 15) is 13.6 Å². The highest BCUT2D eigenvalue weighted by atomic mass is 19.1. The molecule has 6 rings (SSSR count). The van der Waals surface area contributed by atoms with Gasteiger partial charge in [-0.25, -0.2) is 13.6 Å². The predicted molar refractivity (Wildman–Crippen MR) is 111 cm³/mol. The molecule has 1 atom stereocenters. The first-order chi connectivity index (χ1) is 14.1. The fourth-order valence-corrected chi connectivity index (χ4v) is 4.51. The molecule has 2 aromatic carbocycles. The topological polar surface area (TPSA) is 35.6 Å². The Labute approximate surface area is 172 Å². The summed E-state index contributed by atoms with van der Waals surface area (Å²) >= 11 is 0. The number of nitrogens with zero attached hydrogens (tertiary/aromatic N) is 2. The number of amides is 2. The molecule has 6 heteroatoms. The second-order valence-electron chi connectivity index (χ2n) is 8.07. The fourth-order valence-electron chi connectivity index (χ4n) is 4.51. The lowest BCUT2D eigenvalue weighted by Crippen LogP contribution is -2.59. The average Bonchev–Trinajstić information content (AvgIpc) is 2.74. The third-order valence-corrected chi connectivity index (χ3v) is 6.17. The van der Waals surface area contributed by atoms with E-state index >= 15 is 0 Å². The third-order valence-electron chi connectivity index (χ3n) is 6.17. The molecule has 4 aliphatic rings. The van der Waals surface area contributed by atoms with Crippen molar-refractivity contribution >= 4 is 6.03 Å². The van der Waals surface area contributed by atoms with Crippen LogP contribution in [0.1, 0.15) is 25.4 Å². The van der Waals surface area contributed by atoms with E-state index in [0.29, 0.717) is 12.0 Å². The lowest BCUT2D eigenvalue weighted by molar-refractivity contribution is 0.0725. The lowest BCUT2D eigenvalue weighted by atomic mass is 9.84. The number of benzene rings is 2. The minimum atomic E-state index is -0.537. The summed E-state index contributed by atoms with van der Waals surface area (Å²) in [6.45, 7) is 5.07. The summed E-state index contributed by atoms with van der Waals surface area (Å²) < 4.78 is 23.9. The van der Waals surface area contributed by atoms with Crippen molar-refractivity contribution in [1.29, 1.82) is 0 Å². The number of carbonyl (C=O) groups is 1. The molecule has 1 N–H and O–H groups in total. The zero-order chi connectivity index (χ0) is 20.2. The monoisotopic (exact) mass is 401 g/mol. The second kappa shape index (κ2) is 8.91. The van der Waals surface area contributed by atoms with Crippen LogP contribution in [0.25, 0.3) is 0 Å². The zero-order valence-electron chi connectivity index (χ0n) is 16.5. The van der Waals surface area contributed by atoms with Crippen LogP contribution in [-0.4, -0.2) is 48.1 Å². The van der Waals surface area contributed by atoms with Gasteiger partial charge < -0.3 is 15.1 Å². The fraction of sp³-hybridized carbons (Fsp3) is 0.435. The molecule has 2 amide bonds. The predicted octanol–water partition coefficient (Wildman–Crippen LogP) is 4.06. The van der Waals surface area contributed by atoms with Gasteiger partial charge in [-0.3, -0.25) is 0 Å². The first-order valence-corrected chi connectivity index (χ1v) is 10.3. The van der Waals surface area contributed by atoms with Crippen molar-refractivity contribution < 1.29 is 15.0 Å². The van der Waals surface area contributed by atoms with Crippen LogP contribution in [0.15, 0.2) is 48.5 Å². The van der Waals surface area contributed by atoms with Gasteiger partial charge in [0.15, 0.2) is 0 Å². The molecule has 2 aromatic rings. The highest BCUT2D eigenvalue weighted by Crippen LogP contribution is 2.28. The molecule has 0 radical (unpaired) electrons. The van der Waals surface area contributed by atoms with Crippen LogP contribution in [0.3, 0.4) is 0 Å². The van der Waals surface area contributed by atoms with Crippen molar-refractivity contribution in [2.45, 2.75) is 31.8 Å². The molecule has 0 spiro atoms. The van der Waals surface area contributed by atoms with Crippen molar-refractivity contribution in [3.63, 3.8) is 0 Å². The Kier molecular flexibility index (Phi) is 6.09. The first-order valence-electron chi connectivity index (χ1n) is 10.3. The molecule has 0 saturated carbocycles. The maximum atomic E-state index is 12.5. The molecule has 4 nitrogen and oxygen atoms in total. The Hall–Kier alpha value is -2.47. The normalized spacial score (nSPS) is 24.9. The minimum Gasteiger partial charge on any atom is -0.334 e. The van der Waals surface area contributed by atoms with Gasteiger partial charge in [0.1, 0.15) is 11.6 Å². The Bertz CT molecular complexity index is 841. The molecular formula is C23H29F2N3O. The molecule has 156 valence electrons. The van der Waals surface area contributed by atoms with E-state index < -0.39 is 11.6 Å². The quantitative estimate of drug-likeness (QED) is 0.782. The van der Waals surface area contributed by atoms with E-state index in [4.69, 9.17) is 0 Å². The number of rotatable bonds is 1. The summed E-state index contributed by atoms with van der Waals surface area (Å²) in [5.74, 6) is -0.383. The van der Waals surface area contributed by atoms with Crippen molar-refractivity contribution in [1.82, 2.24) is 15.1 Å². The summed E-state index contributed by atoms with van der Waals surface area (Å²) in [6, 6.07) is 13.5. The molecule has 0 aliphatic carbocycles. The van der Waals surface area contributed by atoms with Gasteiger partial charge in [0.2, 0.25) is 0 Å². The van der Waals surface area contributed by atoms with Crippen LogP contribution in [0, 0.1) is 17.6 Å². The van der Waals surface area contributed by atoms with E-state index in [1.54, 1.807) is 0 Å². The van der Waals surface area contributed by atoms with Gasteiger partial charge in [-0.05, 0) is 61.5 Å². The van der Waals surface area contributed by atoms with Crippen molar-refractivity contribution in [2.24, 2.45) is 5.92 Å². The standard InChI is InChI=1S/C17H23N3O.C6H4F2.H2/c21-17(18-16-12-19-8-5-14(16)6-9-19)20-10-7-13-3-1-2-4-15(13)11-20;7-5-2-1-3-6(8)4-5;/h1-4,14,16H,5-12H2,(H,18,21);1-4H;1H/t16-;;/m1../s1. The van der Waals surface area contributed by atoms with E-state index in [-0.39, 0.29) is 7.46 Å². The number of hydrogen-bond acceptors (Lipinski definition) is 2. The number of hydrogen-bond donors (Lipinski definition) is 1. The van der Waals surface area contributed by atoms with E-state index in [2.05, 4.69) is 34.5 Å². The second-order valence-corrected chi connectivity index (χ2v) is 8.07. The van der Waals surface area contributed by atoms with Gasteiger partial charge in [-0.15, -0.1) is 0 Å². The molecule has 3 fully saturated rings. The Morgan fingerprint density at radius 2 is 1.66 bits per heavy atom. The van der Waals surface area contributed by atoms with E-state index in [0.717, 1.165) is 32.1 Å². The molecule has 29 heavy (non-hydrogen) atoms. The summed E-state index contributed by atoms with van der Waals surface area (Å²) in [5, 5.41) is 3.30. The first kappa shape index (κ1) is 19.8. The lowest BCUT2D eigenvalue weighted by Gasteiger charge is -2.45. The van der Waals surface area contributed by atoms with E-state index in [1.807, 2.05) is 4.90 Å². The van der Waals surface area contributed by atoms with Crippen LogP contribution in [-0.2, 0) is 13.0 Å². The van der Waals surface area contributed by atoms with Crippen LogP contribution < -0.4 is 5.32 Å². The molecule has 4 aliphatic heterocycles. The summed E-state index contributed by atoms with van der Waals surface area (Å²) in [7, 11) is 0. The molecule has 0 aromatic heterocycles. The van der Waals surface area contributed by atoms with Gasteiger partial charge in [0.25, 0.3) is 0 Å².